The molecule has 2 aromatic rings. The Morgan fingerprint density at radius 3 is 2.28 bits per heavy atom. The molecule has 0 heterocycles. The van der Waals surface area contributed by atoms with E-state index in [2.05, 4.69) is 22.9 Å². The molecule has 158 valence electrons. The second kappa shape index (κ2) is 11.7. The number of benzene rings is 2. The first-order valence-electron chi connectivity index (χ1n) is 9.84. The molecule has 0 spiro atoms. The molecule has 29 heavy (non-hydrogen) atoms. The van der Waals surface area contributed by atoms with E-state index < -0.39 is 0 Å². The van der Waals surface area contributed by atoms with E-state index in [9.17, 15) is 4.79 Å². The van der Waals surface area contributed by atoms with Gasteiger partial charge in [-0.1, -0.05) is 47.8 Å². The Kier molecular flexibility index (Phi) is 9.32. The van der Waals surface area contributed by atoms with Crippen LogP contribution in [0.4, 0.5) is 5.69 Å². The Balaban J connectivity index is 2.31. The molecule has 6 heteroatoms. The first kappa shape index (κ1) is 23.1. The summed E-state index contributed by atoms with van der Waals surface area (Å²) in [5.41, 5.74) is 2.87. The van der Waals surface area contributed by atoms with E-state index >= 15 is 0 Å². The number of halogens is 1. The van der Waals surface area contributed by atoms with E-state index in [-0.39, 0.29) is 5.91 Å². The van der Waals surface area contributed by atoms with Crippen LogP contribution < -0.4 is 19.1 Å². The number of hydrogen-bond acceptors (Lipinski definition) is 4. The molecule has 0 saturated heterocycles. The molecule has 0 radical (unpaired) electrons. The zero-order chi connectivity index (χ0) is 21.2. The van der Waals surface area contributed by atoms with Crippen molar-refractivity contribution in [2.24, 2.45) is 0 Å². The number of nitrogens with zero attached hydrogens (tertiary/aromatic N) is 1. The summed E-state index contributed by atoms with van der Waals surface area (Å²) < 4.78 is 17.0. The maximum atomic E-state index is 12.4. The van der Waals surface area contributed by atoms with Crippen molar-refractivity contribution < 1.29 is 19.0 Å². The van der Waals surface area contributed by atoms with Gasteiger partial charge in [-0.05, 0) is 41.8 Å². The first-order valence-corrected chi connectivity index (χ1v) is 11.0. The fraction of sp³-hybridized carbons (Fsp3) is 0.435. The standard InChI is InChI=1S/C23H30BrNO4/c1-5-6-7-11-29-23-21(27-3)13-19(14-22(23)28-4)16-25(17(2)26)20-10-8-9-18(12-20)15-24/h8-10,12-14H,5-7,11,15-16H2,1-4H3. The van der Waals surface area contributed by atoms with Crippen LogP contribution in [-0.4, -0.2) is 26.7 Å². The maximum Gasteiger partial charge on any atom is 0.224 e. The summed E-state index contributed by atoms with van der Waals surface area (Å²) in [6.45, 7) is 4.74. The second-order valence-corrected chi connectivity index (χ2v) is 7.35. The minimum atomic E-state index is -0.0328. The third-order valence-corrected chi connectivity index (χ3v) is 5.26. The van der Waals surface area contributed by atoms with Gasteiger partial charge in [-0.25, -0.2) is 0 Å². The lowest BCUT2D eigenvalue weighted by atomic mass is 10.1. The lowest BCUT2D eigenvalue weighted by Gasteiger charge is -2.23. The van der Waals surface area contributed by atoms with E-state index in [1.165, 1.54) is 0 Å². The van der Waals surface area contributed by atoms with E-state index in [0.717, 1.165) is 41.4 Å². The molecule has 2 aromatic carbocycles. The molecule has 0 saturated carbocycles. The van der Waals surface area contributed by atoms with Crippen LogP contribution in [0, 0.1) is 0 Å². The quantitative estimate of drug-likeness (QED) is 0.315. The van der Waals surface area contributed by atoms with Crippen molar-refractivity contribution in [3.63, 3.8) is 0 Å². The van der Waals surface area contributed by atoms with Crippen LogP contribution in [0.1, 0.15) is 44.2 Å². The van der Waals surface area contributed by atoms with Crippen molar-refractivity contribution in [2.45, 2.75) is 45.0 Å². The smallest absolute Gasteiger partial charge is 0.224 e. The highest BCUT2D eigenvalue weighted by Gasteiger charge is 2.18. The molecule has 0 aromatic heterocycles. The molecule has 0 fully saturated rings. The van der Waals surface area contributed by atoms with Gasteiger partial charge in [0.1, 0.15) is 0 Å². The summed E-state index contributed by atoms with van der Waals surface area (Å²) >= 11 is 3.47. The summed E-state index contributed by atoms with van der Waals surface area (Å²) in [4.78, 5) is 14.1. The van der Waals surface area contributed by atoms with Gasteiger partial charge in [-0.3, -0.25) is 4.79 Å². The van der Waals surface area contributed by atoms with Crippen molar-refractivity contribution in [1.82, 2.24) is 0 Å². The second-order valence-electron chi connectivity index (χ2n) is 6.79. The SMILES string of the molecule is CCCCCOc1c(OC)cc(CN(C(C)=O)c2cccc(CBr)c2)cc1OC. The van der Waals surface area contributed by atoms with Crippen LogP contribution in [0.15, 0.2) is 36.4 Å². The molecular weight excluding hydrogens is 434 g/mol. The molecule has 0 unspecified atom stereocenters. The first-order chi connectivity index (χ1) is 14.0. The Labute approximate surface area is 182 Å². The molecule has 5 nitrogen and oxygen atoms in total. The minimum absolute atomic E-state index is 0.0328. The Hall–Kier alpha value is -2.21. The van der Waals surface area contributed by atoms with Crippen molar-refractivity contribution in [3.8, 4) is 17.2 Å². The number of alkyl halides is 1. The van der Waals surface area contributed by atoms with Crippen molar-refractivity contribution in [3.05, 3.63) is 47.5 Å². The monoisotopic (exact) mass is 463 g/mol. The Bertz CT molecular complexity index is 784. The summed E-state index contributed by atoms with van der Waals surface area (Å²) in [7, 11) is 3.22. The normalized spacial score (nSPS) is 10.5. The molecule has 0 aliphatic carbocycles. The molecular formula is C23H30BrNO4. The van der Waals surface area contributed by atoms with E-state index in [0.29, 0.717) is 30.4 Å². The molecule has 0 aliphatic rings. The van der Waals surface area contributed by atoms with Crippen molar-refractivity contribution in [2.75, 3.05) is 25.7 Å². The predicted molar refractivity (Wildman–Crippen MR) is 121 cm³/mol. The third kappa shape index (κ3) is 6.39. The van der Waals surface area contributed by atoms with E-state index in [1.807, 2.05) is 36.4 Å². The fourth-order valence-electron chi connectivity index (χ4n) is 3.07. The number of ether oxygens (including phenoxy) is 3. The van der Waals surface area contributed by atoms with Crippen LogP contribution in [0.2, 0.25) is 0 Å². The number of anilines is 1. The van der Waals surface area contributed by atoms with Gasteiger partial charge in [-0.15, -0.1) is 0 Å². The fourth-order valence-corrected chi connectivity index (χ4v) is 3.42. The molecule has 1 amide bonds. The zero-order valence-corrected chi connectivity index (χ0v) is 19.3. The highest BCUT2D eigenvalue weighted by molar-refractivity contribution is 9.08. The van der Waals surface area contributed by atoms with Gasteiger partial charge in [0.15, 0.2) is 11.5 Å². The number of unbranched alkanes of at least 4 members (excludes halogenated alkanes) is 2. The van der Waals surface area contributed by atoms with E-state index in [4.69, 9.17) is 14.2 Å². The van der Waals surface area contributed by atoms with Gasteiger partial charge in [0.25, 0.3) is 0 Å². The largest absolute Gasteiger partial charge is 0.493 e. The van der Waals surface area contributed by atoms with Gasteiger partial charge in [0.2, 0.25) is 11.7 Å². The topological polar surface area (TPSA) is 48.0 Å². The number of amides is 1. The molecule has 0 aliphatic heterocycles. The average molecular weight is 464 g/mol. The van der Waals surface area contributed by atoms with Gasteiger partial charge in [0.05, 0.1) is 27.4 Å². The van der Waals surface area contributed by atoms with Gasteiger partial charge < -0.3 is 19.1 Å². The Morgan fingerprint density at radius 2 is 1.72 bits per heavy atom. The maximum absolute atomic E-state index is 12.4. The van der Waals surface area contributed by atoms with Gasteiger partial charge in [-0.2, -0.15) is 0 Å². The number of carbonyl (C=O) groups is 1. The summed E-state index contributed by atoms with van der Waals surface area (Å²) in [6.07, 6.45) is 3.23. The zero-order valence-electron chi connectivity index (χ0n) is 17.7. The highest BCUT2D eigenvalue weighted by Crippen LogP contribution is 2.39. The average Bonchev–Trinajstić information content (AvgIpc) is 2.74. The highest BCUT2D eigenvalue weighted by atomic mass is 79.9. The number of hydrogen-bond donors (Lipinski definition) is 0. The molecule has 0 atom stereocenters. The number of carbonyl (C=O) groups excluding carboxylic acids is 1. The molecule has 0 N–H and O–H groups in total. The van der Waals surface area contributed by atoms with Crippen LogP contribution in [-0.2, 0) is 16.7 Å². The number of methoxy groups -OCH3 is 2. The van der Waals surface area contributed by atoms with E-state index in [1.54, 1.807) is 26.0 Å². The predicted octanol–water partition coefficient (Wildman–Crippen LogP) is 5.72. The van der Waals surface area contributed by atoms with Crippen LogP contribution >= 0.6 is 15.9 Å². The van der Waals surface area contributed by atoms with Crippen LogP contribution in [0.3, 0.4) is 0 Å². The minimum Gasteiger partial charge on any atom is -0.493 e. The van der Waals surface area contributed by atoms with Crippen molar-refractivity contribution in [1.29, 1.82) is 0 Å². The van der Waals surface area contributed by atoms with Crippen LogP contribution in [0.5, 0.6) is 17.2 Å². The Morgan fingerprint density at radius 1 is 1.03 bits per heavy atom. The number of rotatable bonds is 11. The molecule has 2 rings (SSSR count). The summed E-state index contributed by atoms with van der Waals surface area (Å²) in [5, 5.41) is 0.734. The van der Waals surface area contributed by atoms with Crippen LogP contribution in [0.25, 0.3) is 0 Å². The summed E-state index contributed by atoms with van der Waals surface area (Å²) in [5.74, 6) is 1.78. The molecule has 0 bridgehead atoms. The lowest BCUT2D eigenvalue weighted by Crippen LogP contribution is -2.27. The third-order valence-electron chi connectivity index (χ3n) is 4.61. The van der Waals surface area contributed by atoms with Gasteiger partial charge >= 0.3 is 0 Å². The summed E-state index contributed by atoms with van der Waals surface area (Å²) in [6, 6.07) is 11.7. The lowest BCUT2D eigenvalue weighted by molar-refractivity contribution is -0.116. The van der Waals surface area contributed by atoms with Crippen molar-refractivity contribution >= 4 is 27.5 Å². The van der Waals surface area contributed by atoms with Gasteiger partial charge in [0, 0.05) is 17.9 Å².